The zero-order valence-corrected chi connectivity index (χ0v) is 16.9. The summed E-state index contributed by atoms with van der Waals surface area (Å²) >= 11 is 0. The summed E-state index contributed by atoms with van der Waals surface area (Å²) in [6, 6.07) is 31.2. The molecular formula is C27H19NO3. The number of fused-ring (bicyclic) bond motifs is 3. The summed E-state index contributed by atoms with van der Waals surface area (Å²) in [7, 11) is 1.57. The first-order valence-electron chi connectivity index (χ1n) is 9.97. The van der Waals surface area contributed by atoms with Gasteiger partial charge in [-0.1, -0.05) is 60.7 Å². The number of nitrogens with zero attached hydrogens (tertiary/aromatic N) is 1. The van der Waals surface area contributed by atoms with E-state index in [1.54, 1.807) is 13.2 Å². The van der Waals surface area contributed by atoms with Crippen LogP contribution < -0.4 is 10.4 Å². The second-order valence-electron chi connectivity index (χ2n) is 7.17. The molecule has 0 radical (unpaired) electrons. The van der Waals surface area contributed by atoms with Crippen molar-refractivity contribution in [3.8, 4) is 5.75 Å². The van der Waals surface area contributed by atoms with E-state index in [0.29, 0.717) is 22.4 Å². The quantitative estimate of drug-likeness (QED) is 0.205. The van der Waals surface area contributed by atoms with Gasteiger partial charge in [-0.05, 0) is 30.3 Å². The lowest BCUT2D eigenvalue weighted by atomic mass is 10.0. The van der Waals surface area contributed by atoms with Gasteiger partial charge >= 0.3 is 5.63 Å². The molecule has 0 aliphatic heterocycles. The predicted octanol–water partition coefficient (Wildman–Crippen LogP) is 6.12. The van der Waals surface area contributed by atoms with Gasteiger partial charge in [-0.2, -0.15) is 0 Å². The third-order valence-electron chi connectivity index (χ3n) is 5.24. The van der Waals surface area contributed by atoms with Crippen LogP contribution in [0.2, 0.25) is 0 Å². The Morgan fingerprint density at radius 2 is 1.39 bits per heavy atom. The maximum absolute atomic E-state index is 12.6. The molecule has 0 N–H and O–H groups in total. The smallest absolute Gasteiger partial charge is 0.344 e. The highest BCUT2D eigenvalue weighted by Gasteiger charge is 2.11. The molecule has 4 aromatic carbocycles. The average molecular weight is 405 g/mol. The van der Waals surface area contributed by atoms with Crippen LogP contribution in [0.3, 0.4) is 0 Å². The molecule has 31 heavy (non-hydrogen) atoms. The summed E-state index contributed by atoms with van der Waals surface area (Å²) in [6.07, 6.45) is 0. The molecule has 1 aromatic heterocycles. The Kier molecular flexibility index (Phi) is 4.81. The normalized spacial score (nSPS) is 10.9. The second-order valence-corrected chi connectivity index (χ2v) is 7.17. The minimum Gasteiger partial charge on any atom is -0.497 e. The lowest BCUT2D eigenvalue weighted by Gasteiger charge is -2.09. The lowest BCUT2D eigenvalue weighted by molar-refractivity contribution is 0.415. The first-order valence-corrected chi connectivity index (χ1v) is 9.97. The van der Waals surface area contributed by atoms with E-state index in [0.717, 1.165) is 27.6 Å². The van der Waals surface area contributed by atoms with Gasteiger partial charge in [0.25, 0.3) is 0 Å². The van der Waals surface area contributed by atoms with E-state index < -0.39 is 5.63 Å². The topological polar surface area (TPSA) is 51.8 Å². The van der Waals surface area contributed by atoms with E-state index in [4.69, 9.17) is 14.1 Å². The molecule has 0 unspecified atom stereocenters. The maximum Gasteiger partial charge on any atom is 0.344 e. The Labute approximate surface area is 179 Å². The van der Waals surface area contributed by atoms with Crippen LogP contribution in [0, 0.1) is 0 Å². The number of ether oxygens (including phenoxy) is 1. The minimum atomic E-state index is -0.395. The molecular weight excluding hydrogens is 386 g/mol. The Morgan fingerprint density at radius 3 is 2.03 bits per heavy atom. The van der Waals surface area contributed by atoms with Crippen LogP contribution in [0.4, 0.5) is 5.69 Å². The van der Waals surface area contributed by atoms with Crippen molar-refractivity contribution in [1.82, 2.24) is 0 Å². The number of methoxy groups -OCH3 is 1. The molecule has 4 heteroatoms. The van der Waals surface area contributed by atoms with Gasteiger partial charge < -0.3 is 9.15 Å². The molecule has 0 aliphatic carbocycles. The first-order chi connectivity index (χ1) is 15.2. The second kappa shape index (κ2) is 7.92. The number of hydrogen-bond donors (Lipinski definition) is 0. The van der Waals surface area contributed by atoms with Crippen molar-refractivity contribution < 1.29 is 9.15 Å². The van der Waals surface area contributed by atoms with Crippen LogP contribution in [0.1, 0.15) is 11.1 Å². The van der Waals surface area contributed by atoms with Crippen molar-refractivity contribution in [2.75, 3.05) is 7.11 Å². The summed E-state index contributed by atoms with van der Waals surface area (Å²) < 4.78 is 10.9. The summed E-state index contributed by atoms with van der Waals surface area (Å²) in [6.45, 7) is 0. The van der Waals surface area contributed by atoms with E-state index in [9.17, 15) is 4.79 Å². The molecule has 0 amide bonds. The Hall–Kier alpha value is -4.18. The zero-order chi connectivity index (χ0) is 21.2. The standard InChI is InChI=1S/C27H19NO3/c1-30-21-13-15-22-23-14-12-20(16-25(23)31-27(29)24(22)17-21)28-26(18-8-4-2-5-9-18)19-10-6-3-7-11-19/h2-17H,1H3. The first kappa shape index (κ1) is 18.8. The number of rotatable bonds is 4. The van der Waals surface area contributed by atoms with Crippen molar-refractivity contribution in [1.29, 1.82) is 0 Å². The highest BCUT2D eigenvalue weighted by Crippen LogP contribution is 2.29. The van der Waals surface area contributed by atoms with Gasteiger partial charge in [-0.15, -0.1) is 0 Å². The number of benzene rings is 4. The van der Waals surface area contributed by atoms with Gasteiger partial charge in [0.15, 0.2) is 0 Å². The molecule has 5 aromatic rings. The van der Waals surface area contributed by atoms with Crippen LogP contribution in [-0.2, 0) is 0 Å². The summed E-state index contributed by atoms with van der Waals surface area (Å²) in [4.78, 5) is 17.5. The van der Waals surface area contributed by atoms with Crippen LogP contribution in [0.25, 0.3) is 21.7 Å². The third kappa shape index (κ3) is 3.60. The summed E-state index contributed by atoms with van der Waals surface area (Å²) in [5.74, 6) is 0.621. The molecule has 0 fully saturated rings. The molecule has 0 atom stereocenters. The average Bonchev–Trinajstić information content (AvgIpc) is 2.83. The van der Waals surface area contributed by atoms with Crippen molar-refractivity contribution in [3.63, 3.8) is 0 Å². The molecule has 1 heterocycles. The maximum atomic E-state index is 12.6. The minimum absolute atomic E-state index is 0.395. The van der Waals surface area contributed by atoms with Crippen LogP contribution in [-0.4, -0.2) is 12.8 Å². The van der Waals surface area contributed by atoms with Gasteiger partial charge in [-0.25, -0.2) is 9.79 Å². The SMILES string of the molecule is COc1ccc2c(c1)c(=O)oc1cc(N=C(c3ccccc3)c3ccccc3)ccc12. The summed E-state index contributed by atoms with van der Waals surface area (Å²) in [5, 5.41) is 2.18. The van der Waals surface area contributed by atoms with Crippen LogP contribution in [0.5, 0.6) is 5.75 Å². The number of aliphatic imine (C=N–C) groups is 1. The highest BCUT2D eigenvalue weighted by molar-refractivity contribution is 6.14. The molecule has 0 saturated carbocycles. The van der Waals surface area contributed by atoms with Crippen molar-refractivity contribution >= 4 is 33.1 Å². The van der Waals surface area contributed by atoms with Crippen LogP contribution >= 0.6 is 0 Å². The fourth-order valence-electron chi connectivity index (χ4n) is 3.71. The molecule has 0 bridgehead atoms. The van der Waals surface area contributed by atoms with Gasteiger partial charge in [0.05, 0.1) is 23.9 Å². The Morgan fingerprint density at radius 1 is 0.742 bits per heavy atom. The fraction of sp³-hybridized carbons (Fsp3) is 0.0370. The molecule has 0 saturated heterocycles. The summed E-state index contributed by atoms with van der Waals surface area (Å²) in [5.41, 5.74) is 3.71. The predicted molar refractivity (Wildman–Crippen MR) is 125 cm³/mol. The molecule has 4 nitrogen and oxygen atoms in total. The monoisotopic (exact) mass is 405 g/mol. The fourth-order valence-corrected chi connectivity index (χ4v) is 3.71. The number of hydrogen-bond acceptors (Lipinski definition) is 4. The molecule has 5 rings (SSSR count). The van der Waals surface area contributed by atoms with Crippen molar-refractivity contribution in [3.05, 3.63) is 119 Å². The molecule has 150 valence electrons. The van der Waals surface area contributed by atoms with Crippen molar-refractivity contribution in [2.45, 2.75) is 0 Å². The van der Waals surface area contributed by atoms with Crippen molar-refractivity contribution in [2.24, 2.45) is 4.99 Å². The van der Waals surface area contributed by atoms with E-state index in [2.05, 4.69) is 0 Å². The van der Waals surface area contributed by atoms with E-state index in [1.807, 2.05) is 91.0 Å². The highest BCUT2D eigenvalue weighted by atomic mass is 16.5. The van der Waals surface area contributed by atoms with Crippen LogP contribution in [0.15, 0.2) is 111 Å². The zero-order valence-electron chi connectivity index (χ0n) is 16.9. The molecule has 0 aliphatic rings. The Balaban J connectivity index is 1.69. The van der Waals surface area contributed by atoms with Gasteiger partial charge in [0.1, 0.15) is 11.3 Å². The van der Waals surface area contributed by atoms with Gasteiger partial charge in [0.2, 0.25) is 0 Å². The van der Waals surface area contributed by atoms with Gasteiger partial charge in [-0.3, -0.25) is 0 Å². The van der Waals surface area contributed by atoms with Gasteiger partial charge in [0, 0.05) is 28.0 Å². The molecule has 0 spiro atoms. The third-order valence-corrected chi connectivity index (χ3v) is 5.24. The van der Waals surface area contributed by atoms with E-state index in [-0.39, 0.29) is 0 Å². The van der Waals surface area contributed by atoms with E-state index >= 15 is 0 Å². The lowest BCUT2D eigenvalue weighted by Crippen LogP contribution is -2.02. The van der Waals surface area contributed by atoms with E-state index in [1.165, 1.54) is 0 Å². The largest absolute Gasteiger partial charge is 0.497 e. The Bertz CT molecular complexity index is 1430.